The van der Waals surface area contributed by atoms with E-state index < -0.39 is 4.92 Å². The Labute approximate surface area is 199 Å². The summed E-state index contributed by atoms with van der Waals surface area (Å²) in [4.78, 5) is 25.3. The average molecular weight is 479 g/mol. The molecule has 1 heterocycles. The number of methoxy groups -OCH3 is 1. The average Bonchev–Trinajstić information content (AvgIpc) is 3.11. The lowest BCUT2D eigenvalue weighted by molar-refractivity contribution is -0.384. The SMILES string of the molecule is COc1cc(/C=C2\SC(=S)N(c3cccc([N+](=O)[O-])c3)C2=O)ccc1OCc1ccccc1. The molecule has 0 saturated carbocycles. The van der Waals surface area contributed by atoms with Crippen molar-refractivity contribution < 1.29 is 19.2 Å². The Hall–Kier alpha value is -3.69. The fraction of sp³-hybridized carbons (Fsp3) is 0.0833. The minimum Gasteiger partial charge on any atom is -0.493 e. The number of thiocarbonyl (C=S) groups is 1. The van der Waals surface area contributed by atoms with Crippen molar-refractivity contribution in [1.82, 2.24) is 0 Å². The van der Waals surface area contributed by atoms with Crippen LogP contribution in [0.4, 0.5) is 11.4 Å². The van der Waals surface area contributed by atoms with E-state index in [4.69, 9.17) is 21.7 Å². The first-order valence-corrected chi connectivity index (χ1v) is 11.1. The zero-order valence-electron chi connectivity index (χ0n) is 17.5. The molecule has 0 aliphatic carbocycles. The molecule has 1 aliphatic heterocycles. The van der Waals surface area contributed by atoms with Crippen molar-refractivity contribution in [3.63, 3.8) is 0 Å². The van der Waals surface area contributed by atoms with Crippen LogP contribution >= 0.6 is 24.0 Å². The number of amides is 1. The van der Waals surface area contributed by atoms with Crippen molar-refractivity contribution >= 4 is 51.7 Å². The largest absolute Gasteiger partial charge is 0.493 e. The monoisotopic (exact) mass is 478 g/mol. The van der Waals surface area contributed by atoms with Crippen molar-refractivity contribution in [1.29, 1.82) is 0 Å². The van der Waals surface area contributed by atoms with E-state index in [0.717, 1.165) is 22.9 Å². The summed E-state index contributed by atoms with van der Waals surface area (Å²) in [5.41, 5.74) is 2.02. The molecule has 0 aromatic heterocycles. The van der Waals surface area contributed by atoms with Crippen LogP contribution in [0.15, 0.2) is 77.7 Å². The van der Waals surface area contributed by atoms with Gasteiger partial charge in [-0.25, -0.2) is 0 Å². The summed E-state index contributed by atoms with van der Waals surface area (Å²) in [6, 6.07) is 21.0. The molecule has 0 bridgehead atoms. The number of nitro benzene ring substituents is 1. The van der Waals surface area contributed by atoms with Crippen LogP contribution in [0.1, 0.15) is 11.1 Å². The zero-order valence-corrected chi connectivity index (χ0v) is 19.1. The number of rotatable bonds is 7. The molecule has 1 aliphatic rings. The van der Waals surface area contributed by atoms with Gasteiger partial charge in [-0.3, -0.25) is 19.8 Å². The van der Waals surface area contributed by atoms with Gasteiger partial charge in [0.1, 0.15) is 6.61 Å². The van der Waals surface area contributed by atoms with Crippen LogP contribution in [-0.2, 0) is 11.4 Å². The third-order valence-corrected chi connectivity index (χ3v) is 6.12. The van der Waals surface area contributed by atoms with Gasteiger partial charge in [0.05, 0.1) is 22.6 Å². The number of carbonyl (C=O) groups is 1. The van der Waals surface area contributed by atoms with Crippen molar-refractivity contribution in [3.8, 4) is 11.5 Å². The van der Waals surface area contributed by atoms with Crippen molar-refractivity contribution in [2.45, 2.75) is 6.61 Å². The fourth-order valence-electron chi connectivity index (χ4n) is 3.22. The van der Waals surface area contributed by atoms with E-state index in [0.29, 0.717) is 33.0 Å². The lowest BCUT2D eigenvalue weighted by atomic mass is 10.1. The first-order chi connectivity index (χ1) is 16.0. The number of nitro groups is 1. The minimum atomic E-state index is -0.509. The van der Waals surface area contributed by atoms with E-state index >= 15 is 0 Å². The number of non-ortho nitro benzene ring substituents is 1. The molecule has 0 N–H and O–H groups in total. The van der Waals surface area contributed by atoms with Crippen molar-refractivity contribution in [2.75, 3.05) is 12.0 Å². The molecule has 3 aromatic carbocycles. The van der Waals surface area contributed by atoms with Crippen LogP contribution in [0.2, 0.25) is 0 Å². The van der Waals surface area contributed by atoms with Crippen LogP contribution in [0.3, 0.4) is 0 Å². The molecule has 7 nitrogen and oxygen atoms in total. The van der Waals surface area contributed by atoms with Crippen LogP contribution in [0.25, 0.3) is 6.08 Å². The molecule has 0 unspecified atom stereocenters. The van der Waals surface area contributed by atoms with E-state index in [2.05, 4.69) is 0 Å². The third kappa shape index (κ3) is 5.05. The molecule has 1 fully saturated rings. The maximum Gasteiger partial charge on any atom is 0.271 e. The zero-order chi connectivity index (χ0) is 23.4. The van der Waals surface area contributed by atoms with Gasteiger partial charge in [-0.2, -0.15) is 0 Å². The van der Waals surface area contributed by atoms with Gasteiger partial charge in [-0.05, 0) is 35.4 Å². The molecule has 1 amide bonds. The number of thioether (sulfide) groups is 1. The summed E-state index contributed by atoms with van der Waals surface area (Å²) < 4.78 is 11.7. The number of nitrogens with zero attached hydrogens (tertiary/aromatic N) is 2. The Balaban J connectivity index is 1.55. The second-order valence-electron chi connectivity index (χ2n) is 6.98. The van der Waals surface area contributed by atoms with Gasteiger partial charge >= 0.3 is 0 Å². The third-order valence-electron chi connectivity index (χ3n) is 4.82. The molecular weight excluding hydrogens is 460 g/mol. The Bertz CT molecular complexity index is 1260. The number of hydrogen-bond donors (Lipinski definition) is 0. The Morgan fingerprint density at radius 2 is 1.85 bits per heavy atom. The van der Waals surface area contributed by atoms with E-state index in [9.17, 15) is 14.9 Å². The van der Waals surface area contributed by atoms with Gasteiger partial charge in [0.15, 0.2) is 15.8 Å². The highest BCUT2D eigenvalue weighted by Gasteiger charge is 2.34. The topological polar surface area (TPSA) is 81.9 Å². The Morgan fingerprint density at radius 1 is 1.06 bits per heavy atom. The first kappa shape index (κ1) is 22.5. The fourth-order valence-corrected chi connectivity index (χ4v) is 4.51. The standard InChI is InChI=1S/C24H18N2O5S2/c1-30-21-12-17(10-11-20(21)31-15-16-6-3-2-4-7-16)13-22-23(27)25(24(32)33-22)18-8-5-9-19(14-18)26(28)29/h2-14H,15H2,1H3/b22-13-. The number of ether oxygens (including phenoxy) is 2. The van der Waals surface area contributed by atoms with Gasteiger partial charge < -0.3 is 9.47 Å². The highest BCUT2D eigenvalue weighted by atomic mass is 32.2. The molecule has 166 valence electrons. The van der Waals surface area contributed by atoms with E-state index in [1.54, 1.807) is 31.4 Å². The second-order valence-corrected chi connectivity index (χ2v) is 8.65. The maximum atomic E-state index is 13.0. The molecule has 0 radical (unpaired) electrons. The quantitative estimate of drug-likeness (QED) is 0.190. The summed E-state index contributed by atoms with van der Waals surface area (Å²) in [5, 5.41) is 11.1. The van der Waals surface area contributed by atoms with Gasteiger partial charge in [0, 0.05) is 12.1 Å². The van der Waals surface area contributed by atoms with E-state index in [1.807, 2.05) is 36.4 Å². The highest BCUT2D eigenvalue weighted by molar-refractivity contribution is 8.27. The molecule has 3 aromatic rings. The lowest BCUT2D eigenvalue weighted by Gasteiger charge is -2.14. The minimum absolute atomic E-state index is 0.110. The summed E-state index contributed by atoms with van der Waals surface area (Å²) >= 11 is 6.50. The van der Waals surface area contributed by atoms with Gasteiger partial charge in [0.25, 0.3) is 11.6 Å². The van der Waals surface area contributed by atoms with Gasteiger partial charge in [-0.15, -0.1) is 0 Å². The first-order valence-electron chi connectivity index (χ1n) is 9.83. The van der Waals surface area contributed by atoms with E-state index in [1.165, 1.54) is 23.1 Å². The molecule has 9 heteroatoms. The summed E-state index contributed by atoms with van der Waals surface area (Å²) in [6.07, 6.45) is 1.71. The molecule has 33 heavy (non-hydrogen) atoms. The number of hydrogen-bond acceptors (Lipinski definition) is 7. The number of anilines is 1. The summed E-state index contributed by atoms with van der Waals surface area (Å²) in [7, 11) is 1.55. The molecular formula is C24H18N2O5S2. The van der Waals surface area contributed by atoms with Crippen LogP contribution < -0.4 is 14.4 Å². The van der Waals surface area contributed by atoms with Crippen molar-refractivity contribution in [2.24, 2.45) is 0 Å². The molecule has 4 rings (SSSR count). The normalized spacial score (nSPS) is 14.6. The summed E-state index contributed by atoms with van der Waals surface area (Å²) in [5.74, 6) is 0.783. The summed E-state index contributed by atoms with van der Waals surface area (Å²) in [6.45, 7) is 0.401. The Kier molecular flexibility index (Phi) is 6.71. The lowest BCUT2D eigenvalue weighted by Crippen LogP contribution is -2.27. The predicted molar refractivity (Wildman–Crippen MR) is 133 cm³/mol. The van der Waals surface area contributed by atoms with Crippen molar-refractivity contribution in [3.05, 3.63) is 98.9 Å². The van der Waals surface area contributed by atoms with E-state index in [-0.39, 0.29) is 11.6 Å². The van der Waals surface area contributed by atoms with Crippen LogP contribution in [-0.4, -0.2) is 22.3 Å². The maximum absolute atomic E-state index is 13.0. The van der Waals surface area contributed by atoms with Gasteiger partial charge in [0.2, 0.25) is 0 Å². The van der Waals surface area contributed by atoms with Crippen LogP contribution in [0.5, 0.6) is 11.5 Å². The predicted octanol–water partition coefficient (Wildman–Crippen LogP) is 5.59. The molecule has 1 saturated heterocycles. The molecule has 0 atom stereocenters. The Morgan fingerprint density at radius 3 is 2.58 bits per heavy atom. The second kappa shape index (κ2) is 9.85. The van der Waals surface area contributed by atoms with Crippen LogP contribution in [0, 0.1) is 10.1 Å². The number of carbonyl (C=O) groups excluding carboxylic acids is 1. The smallest absolute Gasteiger partial charge is 0.271 e. The highest BCUT2D eigenvalue weighted by Crippen LogP contribution is 2.38. The molecule has 0 spiro atoms. The number of benzene rings is 3. The van der Waals surface area contributed by atoms with Gasteiger partial charge in [-0.1, -0.05) is 66.4 Å².